The van der Waals surface area contributed by atoms with Crippen LogP contribution in [-0.4, -0.2) is 24.9 Å². The Morgan fingerprint density at radius 2 is 1.94 bits per heavy atom. The van der Waals surface area contributed by atoms with E-state index in [2.05, 4.69) is 15.3 Å². The minimum absolute atomic E-state index is 0.211. The first-order chi connectivity index (χ1) is 8.24. The molecule has 17 heavy (non-hydrogen) atoms. The molecule has 6 nitrogen and oxygen atoms in total. The average Bonchev–Trinajstić information content (AvgIpc) is 2.73. The SMILES string of the molecule is Nc1cnc2c(-c3ccc(O)cc3)nnn2c1. The molecule has 84 valence electrons. The second-order valence-corrected chi connectivity index (χ2v) is 3.64. The third-order valence-electron chi connectivity index (χ3n) is 2.42. The Labute approximate surface area is 96.3 Å². The third-order valence-corrected chi connectivity index (χ3v) is 2.42. The molecule has 3 rings (SSSR count). The van der Waals surface area contributed by atoms with Crippen LogP contribution in [0, 0.1) is 0 Å². The Kier molecular flexibility index (Phi) is 1.94. The van der Waals surface area contributed by atoms with Crippen molar-refractivity contribution < 1.29 is 5.11 Å². The highest BCUT2D eigenvalue weighted by Crippen LogP contribution is 2.22. The van der Waals surface area contributed by atoms with Gasteiger partial charge in [-0.25, -0.2) is 4.98 Å². The maximum Gasteiger partial charge on any atom is 0.183 e. The van der Waals surface area contributed by atoms with Gasteiger partial charge in [-0.1, -0.05) is 5.21 Å². The number of phenolic OH excluding ortho intramolecular Hbond substituents is 1. The lowest BCUT2D eigenvalue weighted by molar-refractivity contribution is 0.475. The van der Waals surface area contributed by atoms with Crippen LogP contribution >= 0.6 is 0 Å². The van der Waals surface area contributed by atoms with Crippen LogP contribution in [-0.2, 0) is 0 Å². The number of fused-ring (bicyclic) bond motifs is 1. The summed E-state index contributed by atoms with van der Waals surface area (Å²) >= 11 is 0. The predicted octanol–water partition coefficient (Wildman–Crippen LogP) is 1.08. The van der Waals surface area contributed by atoms with Gasteiger partial charge in [-0.15, -0.1) is 5.10 Å². The summed E-state index contributed by atoms with van der Waals surface area (Å²) in [6.45, 7) is 0. The van der Waals surface area contributed by atoms with E-state index in [4.69, 9.17) is 5.73 Å². The molecule has 6 heteroatoms. The van der Waals surface area contributed by atoms with Gasteiger partial charge in [-0.2, -0.15) is 4.52 Å². The van der Waals surface area contributed by atoms with Gasteiger partial charge in [0.25, 0.3) is 0 Å². The van der Waals surface area contributed by atoms with E-state index < -0.39 is 0 Å². The number of aromatic hydroxyl groups is 1. The lowest BCUT2D eigenvalue weighted by Crippen LogP contribution is -1.94. The Morgan fingerprint density at radius 3 is 2.71 bits per heavy atom. The quantitative estimate of drug-likeness (QED) is 0.649. The molecule has 1 aromatic carbocycles. The fraction of sp³-hybridized carbons (Fsp3) is 0. The Morgan fingerprint density at radius 1 is 1.18 bits per heavy atom. The van der Waals surface area contributed by atoms with Crippen molar-refractivity contribution in [1.82, 2.24) is 19.8 Å². The molecule has 0 amide bonds. The number of anilines is 1. The molecule has 0 fully saturated rings. The highest BCUT2D eigenvalue weighted by atomic mass is 16.3. The molecule has 0 aliphatic rings. The third kappa shape index (κ3) is 1.55. The lowest BCUT2D eigenvalue weighted by atomic mass is 10.1. The number of hydrogen-bond acceptors (Lipinski definition) is 5. The molecule has 0 bridgehead atoms. The summed E-state index contributed by atoms with van der Waals surface area (Å²) in [7, 11) is 0. The van der Waals surface area contributed by atoms with E-state index in [-0.39, 0.29) is 5.75 Å². The Hall–Kier alpha value is -2.63. The molecular weight excluding hydrogens is 218 g/mol. The predicted molar refractivity (Wildman–Crippen MR) is 62.3 cm³/mol. The standard InChI is InChI=1S/C11H9N5O/c12-8-5-13-11-10(14-15-16(11)6-8)7-1-3-9(17)4-2-7/h1-6,17H,12H2. The van der Waals surface area contributed by atoms with Crippen molar-refractivity contribution in [3.63, 3.8) is 0 Å². The average molecular weight is 227 g/mol. The molecule has 0 spiro atoms. The van der Waals surface area contributed by atoms with Crippen LogP contribution in [0.4, 0.5) is 5.69 Å². The Balaban J connectivity index is 2.21. The molecule has 0 saturated carbocycles. The van der Waals surface area contributed by atoms with Gasteiger partial charge < -0.3 is 10.8 Å². The minimum Gasteiger partial charge on any atom is -0.508 e. The maximum atomic E-state index is 9.23. The van der Waals surface area contributed by atoms with Crippen LogP contribution in [0.2, 0.25) is 0 Å². The number of nitrogen functional groups attached to an aromatic ring is 1. The topological polar surface area (TPSA) is 89.3 Å². The van der Waals surface area contributed by atoms with Crippen molar-refractivity contribution in [2.75, 3.05) is 5.73 Å². The summed E-state index contributed by atoms with van der Waals surface area (Å²) in [6.07, 6.45) is 3.21. The van der Waals surface area contributed by atoms with E-state index >= 15 is 0 Å². The van der Waals surface area contributed by atoms with Crippen molar-refractivity contribution in [1.29, 1.82) is 0 Å². The van der Waals surface area contributed by atoms with Gasteiger partial charge in [0.05, 0.1) is 18.1 Å². The molecule has 3 aromatic rings. The molecule has 0 aliphatic carbocycles. The summed E-state index contributed by atoms with van der Waals surface area (Å²) in [5.74, 6) is 0.211. The second kappa shape index (κ2) is 3.44. The zero-order valence-electron chi connectivity index (χ0n) is 8.78. The van der Waals surface area contributed by atoms with E-state index in [1.54, 1.807) is 36.7 Å². The number of benzene rings is 1. The number of nitrogens with two attached hydrogens (primary N) is 1. The first-order valence-electron chi connectivity index (χ1n) is 5.00. The number of hydrogen-bond donors (Lipinski definition) is 2. The number of phenols is 1. The number of rotatable bonds is 1. The van der Waals surface area contributed by atoms with E-state index in [1.165, 1.54) is 4.52 Å². The number of nitrogens with zero attached hydrogens (tertiary/aromatic N) is 4. The summed E-state index contributed by atoms with van der Waals surface area (Å²) in [6, 6.07) is 6.71. The molecule has 0 aliphatic heterocycles. The molecule has 0 saturated heterocycles. The minimum atomic E-state index is 0.211. The van der Waals surface area contributed by atoms with E-state index in [1.807, 2.05) is 0 Å². The zero-order valence-corrected chi connectivity index (χ0v) is 8.78. The lowest BCUT2D eigenvalue weighted by Gasteiger charge is -1.98. The maximum absolute atomic E-state index is 9.23. The highest BCUT2D eigenvalue weighted by molar-refractivity contribution is 5.73. The summed E-state index contributed by atoms with van der Waals surface area (Å²) in [5, 5.41) is 17.2. The normalized spacial score (nSPS) is 10.8. The largest absolute Gasteiger partial charge is 0.508 e. The number of aromatic nitrogens is 4. The molecule has 3 N–H and O–H groups in total. The van der Waals surface area contributed by atoms with Crippen LogP contribution in [0.3, 0.4) is 0 Å². The van der Waals surface area contributed by atoms with Gasteiger partial charge >= 0.3 is 0 Å². The van der Waals surface area contributed by atoms with E-state index in [0.29, 0.717) is 17.0 Å². The van der Waals surface area contributed by atoms with Gasteiger partial charge in [0, 0.05) is 5.56 Å². The van der Waals surface area contributed by atoms with E-state index in [9.17, 15) is 5.11 Å². The van der Waals surface area contributed by atoms with Crippen molar-refractivity contribution >= 4 is 11.3 Å². The van der Waals surface area contributed by atoms with E-state index in [0.717, 1.165) is 5.56 Å². The fourth-order valence-electron chi connectivity index (χ4n) is 1.61. The summed E-state index contributed by atoms with van der Waals surface area (Å²) < 4.78 is 1.53. The summed E-state index contributed by atoms with van der Waals surface area (Å²) in [4.78, 5) is 4.19. The first kappa shape index (κ1) is 9.59. The molecular formula is C11H9N5O. The van der Waals surface area contributed by atoms with Crippen molar-refractivity contribution in [3.8, 4) is 17.0 Å². The first-order valence-corrected chi connectivity index (χ1v) is 5.00. The Bertz CT molecular complexity index is 674. The fourth-order valence-corrected chi connectivity index (χ4v) is 1.61. The molecule has 0 unspecified atom stereocenters. The van der Waals surface area contributed by atoms with Crippen LogP contribution in [0.1, 0.15) is 0 Å². The second-order valence-electron chi connectivity index (χ2n) is 3.64. The van der Waals surface area contributed by atoms with Gasteiger partial charge in [0.2, 0.25) is 0 Å². The van der Waals surface area contributed by atoms with Gasteiger partial charge in [-0.05, 0) is 24.3 Å². The molecule has 0 atom stereocenters. The monoisotopic (exact) mass is 227 g/mol. The highest BCUT2D eigenvalue weighted by Gasteiger charge is 2.09. The summed E-state index contributed by atoms with van der Waals surface area (Å²) in [5.41, 5.74) is 8.26. The van der Waals surface area contributed by atoms with Crippen LogP contribution in [0.5, 0.6) is 5.75 Å². The smallest absolute Gasteiger partial charge is 0.183 e. The van der Waals surface area contributed by atoms with Gasteiger partial charge in [0.15, 0.2) is 5.65 Å². The van der Waals surface area contributed by atoms with Crippen LogP contribution in [0.15, 0.2) is 36.7 Å². The van der Waals surface area contributed by atoms with Crippen molar-refractivity contribution in [2.45, 2.75) is 0 Å². The molecule has 2 heterocycles. The zero-order chi connectivity index (χ0) is 11.8. The van der Waals surface area contributed by atoms with Gasteiger partial charge in [-0.3, -0.25) is 0 Å². The van der Waals surface area contributed by atoms with Crippen LogP contribution < -0.4 is 5.73 Å². The molecule has 2 aromatic heterocycles. The van der Waals surface area contributed by atoms with Crippen molar-refractivity contribution in [2.24, 2.45) is 0 Å². The van der Waals surface area contributed by atoms with Crippen LogP contribution in [0.25, 0.3) is 16.9 Å². The molecule has 0 radical (unpaired) electrons. The van der Waals surface area contributed by atoms with Gasteiger partial charge in [0.1, 0.15) is 11.4 Å². The van der Waals surface area contributed by atoms with Crippen molar-refractivity contribution in [3.05, 3.63) is 36.7 Å².